The van der Waals surface area contributed by atoms with Crippen LogP contribution in [0.5, 0.6) is 5.75 Å². The van der Waals surface area contributed by atoms with Crippen molar-refractivity contribution in [1.82, 2.24) is 4.90 Å². The lowest BCUT2D eigenvalue weighted by atomic mass is 10.1. The van der Waals surface area contributed by atoms with E-state index < -0.39 is 0 Å². The van der Waals surface area contributed by atoms with Crippen molar-refractivity contribution < 1.29 is 19.0 Å². The zero-order chi connectivity index (χ0) is 17.5. The number of piperidine rings is 1. The van der Waals surface area contributed by atoms with E-state index in [0.29, 0.717) is 19.8 Å². The molecule has 2 heterocycles. The summed E-state index contributed by atoms with van der Waals surface area (Å²) in [6.45, 7) is 5.47. The van der Waals surface area contributed by atoms with Crippen LogP contribution in [-0.4, -0.2) is 56.0 Å². The third-order valence-corrected chi connectivity index (χ3v) is 4.61. The average molecular weight is 348 g/mol. The van der Waals surface area contributed by atoms with Gasteiger partial charge in [0.1, 0.15) is 12.4 Å². The average Bonchev–Trinajstić information content (AvgIpc) is 3.14. The van der Waals surface area contributed by atoms with Crippen molar-refractivity contribution in [3.8, 4) is 5.75 Å². The van der Waals surface area contributed by atoms with Crippen molar-refractivity contribution in [1.29, 1.82) is 0 Å². The molecule has 138 valence electrons. The number of nitrogens with one attached hydrogen (secondary N) is 1. The number of carbonyl (C=O) groups is 1. The van der Waals surface area contributed by atoms with Gasteiger partial charge in [-0.1, -0.05) is 6.07 Å². The summed E-state index contributed by atoms with van der Waals surface area (Å²) >= 11 is 0. The molecule has 0 radical (unpaired) electrons. The molecule has 25 heavy (non-hydrogen) atoms. The van der Waals surface area contributed by atoms with Crippen LogP contribution in [0.3, 0.4) is 0 Å². The molecule has 0 aromatic heterocycles. The van der Waals surface area contributed by atoms with Gasteiger partial charge in [-0.2, -0.15) is 0 Å². The molecule has 2 atom stereocenters. The van der Waals surface area contributed by atoms with Gasteiger partial charge >= 0.3 is 6.03 Å². The van der Waals surface area contributed by atoms with Gasteiger partial charge in [-0.05, 0) is 44.7 Å². The Balaban J connectivity index is 1.51. The standard InChI is InChI=1S/C19H28N2O4/c1-2-23-17-8-4-10-21(13-17)19(22)20-15-6-3-7-16(12-15)25-14-18-9-5-11-24-18/h3,6-7,12,17-18H,2,4-5,8-11,13-14H2,1H3,(H,20,22)/t17-,18-/m0/s1. The van der Waals surface area contributed by atoms with Crippen LogP contribution < -0.4 is 10.1 Å². The third-order valence-electron chi connectivity index (χ3n) is 4.61. The lowest BCUT2D eigenvalue weighted by Gasteiger charge is -2.32. The number of anilines is 1. The van der Waals surface area contributed by atoms with Gasteiger partial charge < -0.3 is 24.4 Å². The number of likely N-dealkylation sites (tertiary alicyclic amines) is 1. The molecule has 6 heteroatoms. The maximum Gasteiger partial charge on any atom is 0.321 e. The Kier molecular flexibility index (Phi) is 6.53. The zero-order valence-electron chi connectivity index (χ0n) is 14.9. The number of carbonyl (C=O) groups excluding carboxylic acids is 1. The molecule has 0 aliphatic carbocycles. The monoisotopic (exact) mass is 348 g/mol. The van der Waals surface area contributed by atoms with Gasteiger partial charge in [-0.3, -0.25) is 0 Å². The van der Waals surface area contributed by atoms with E-state index in [9.17, 15) is 4.79 Å². The zero-order valence-corrected chi connectivity index (χ0v) is 14.9. The summed E-state index contributed by atoms with van der Waals surface area (Å²) in [7, 11) is 0. The molecule has 3 rings (SSSR count). The van der Waals surface area contributed by atoms with Crippen LogP contribution >= 0.6 is 0 Å². The lowest BCUT2D eigenvalue weighted by molar-refractivity contribution is 0.0181. The highest BCUT2D eigenvalue weighted by Gasteiger charge is 2.24. The summed E-state index contributed by atoms with van der Waals surface area (Å²) in [5, 5.41) is 2.96. The van der Waals surface area contributed by atoms with Crippen LogP contribution in [0, 0.1) is 0 Å². The fourth-order valence-electron chi connectivity index (χ4n) is 3.33. The highest BCUT2D eigenvalue weighted by atomic mass is 16.5. The quantitative estimate of drug-likeness (QED) is 0.857. The number of nitrogens with zero attached hydrogens (tertiary/aromatic N) is 1. The molecule has 2 aliphatic rings. The normalized spacial score (nSPS) is 23.5. The smallest absolute Gasteiger partial charge is 0.321 e. The molecule has 1 aromatic carbocycles. The number of rotatable bonds is 6. The summed E-state index contributed by atoms with van der Waals surface area (Å²) in [4.78, 5) is 14.3. The molecule has 2 saturated heterocycles. The number of ether oxygens (including phenoxy) is 3. The van der Waals surface area contributed by atoms with Crippen LogP contribution in [0.25, 0.3) is 0 Å². The molecule has 2 amide bonds. The first kappa shape index (κ1) is 18.0. The molecule has 2 aliphatic heterocycles. The topological polar surface area (TPSA) is 60.0 Å². The number of hydrogen-bond donors (Lipinski definition) is 1. The second-order valence-electron chi connectivity index (χ2n) is 6.57. The van der Waals surface area contributed by atoms with Crippen LogP contribution in [0.2, 0.25) is 0 Å². The molecule has 1 N–H and O–H groups in total. The lowest BCUT2D eigenvalue weighted by Crippen LogP contribution is -2.45. The van der Waals surface area contributed by atoms with Crippen LogP contribution in [0.4, 0.5) is 10.5 Å². The minimum Gasteiger partial charge on any atom is -0.491 e. The molecular formula is C19H28N2O4. The largest absolute Gasteiger partial charge is 0.491 e. The van der Waals surface area contributed by atoms with Gasteiger partial charge in [0.25, 0.3) is 0 Å². The van der Waals surface area contributed by atoms with Crippen molar-refractivity contribution in [3.05, 3.63) is 24.3 Å². The highest BCUT2D eigenvalue weighted by molar-refractivity contribution is 5.89. The SMILES string of the molecule is CCO[C@H]1CCCN(C(=O)Nc2cccc(OC[C@@H]3CCCO3)c2)C1. The minimum absolute atomic E-state index is 0.0827. The van der Waals surface area contributed by atoms with E-state index in [1.54, 1.807) is 0 Å². The minimum atomic E-state index is -0.0827. The van der Waals surface area contributed by atoms with Crippen LogP contribution in [0.15, 0.2) is 24.3 Å². The predicted molar refractivity (Wildman–Crippen MR) is 96.2 cm³/mol. The van der Waals surface area contributed by atoms with E-state index in [4.69, 9.17) is 14.2 Å². The Hall–Kier alpha value is -1.79. The summed E-state index contributed by atoms with van der Waals surface area (Å²) in [5.41, 5.74) is 0.744. The van der Waals surface area contributed by atoms with Crippen molar-refractivity contribution >= 4 is 11.7 Å². The van der Waals surface area contributed by atoms with E-state index in [2.05, 4.69) is 5.32 Å². The fraction of sp³-hybridized carbons (Fsp3) is 0.632. The van der Waals surface area contributed by atoms with Crippen molar-refractivity contribution in [2.75, 3.05) is 38.2 Å². The van der Waals surface area contributed by atoms with E-state index in [1.807, 2.05) is 36.1 Å². The van der Waals surface area contributed by atoms with E-state index in [0.717, 1.165) is 50.3 Å². The first-order chi connectivity index (χ1) is 12.2. The highest BCUT2D eigenvalue weighted by Crippen LogP contribution is 2.21. The summed E-state index contributed by atoms with van der Waals surface area (Å²) in [5.74, 6) is 0.749. The van der Waals surface area contributed by atoms with Crippen LogP contribution in [0.1, 0.15) is 32.6 Å². The first-order valence-electron chi connectivity index (χ1n) is 9.26. The van der Waals surface area contributed by atoms with E-state index in [-0.39, 0.29) is 18.2 Å². The van der Waals surface area contributed by atoms with E-state index in [1.165, 1.54) is 0 Å². The first-order valence-corrected chi connectivity index (χ1v) is 9.26. The van der Waals surface area contributed by atoms with Crippen molar-refractivity contribution in [2.24, 2.45) is 0 Å². The maximum atomic E-state index is 12.5. The maximum absolute atomic E-state index is 12.5. The van der Waals surface area contributed by atoms with Gasteiger partial charge in [0, 0.05) is 38.1 Å². The van der Waals surface area contributed by atoms with Gasteiger partial charge in [0.05, 0.1) is 12.2 Å². The second-order valence-corrected chi connectivity index (χ2v) is 6.57. The molecule has 2 fully saturated rings. The number of benzene rings is 1. The number of amides is 2. The fourth-order valence-corrected chi connectivity index (χ4v) is 3.33. The van der Waals surface area contributed by atoms with Gasteiger partial charge in [-0.25, -0.2) is 4.79 Å². The Bertz CT molecular complexity index is 558. The van der Waals surface area contributed by atoms with Crippen molar-refractivity contribution in [3.63, 3.8) is 0 Å². The molecule has 6 nitrogen and oxygen atoms in total. The summed E-state index contributed by atoms with van der Waals surface area (Å²) in [6, 6.07) is 7.44. The Morgan fingerprint density at radius 3 is 3.08 bits per heavy atom. The molecule has 0 bridgehead atoms. The van der Waals surface area contributed by atoms with Gasteiger partial charge in [0.15, 0.2) is 0 Å². The van der Waals surface area contributed by atoms with E-state index >= 15 is 0 Å². The summed E-state index contributed by atoms with van der Waals surface area (Å²) < 4.78 is 17.0. The van der Waals surface area contributed by atoms with Gasteiger partial charge in [-0.15, -0.1) is 0 Å². The Labute approximate surface area is 149 Å². The Morgan fingerprint density at radius 2 is 2.28 bits per heavy atom. The number of hydrogen-bond acceptors (Lipinski definition) is 4. The molecule has 0 saturated carbocycles. The summed E-state index contributed by atoms with van der Waals surface area (Å²) in [6.07, 6.45) is 4.47. The Morgan fingerprint density at radius 1 is 1.36 bits per heavy atom. The molecule has 0 unspecified atom stereocenters. The number of urea groups is 1. The molecular weight excluding hydrogens is 320 g/mol. The predicted octanol–water partition coefficient (Wildman–Crippen LogP) is 3.28. The van der Waals surface area contributed by atoms with Crippen LogP contribution in [-0.2, 0) is 9.47 Å². The molecule has 0 spiro atoms. The van der Waals surface area contributed by atoms with Gasteiger partial charge in [0.2, 0.25) is 0 Å². The molecule has 1 aromatic rings. The van der Waals surface area contributed by atoms with Crippen molar-refractivity contribution in [2.45, 2.75) is 44.8 Å². The second kappa shape index (κ2) is 9.06. The third kappa shape index (κ3) is 5.34.